The maximum atomic E-state index is 12.3. The molecule has 0 spiro atoms. The van der Waals surface area contributed by atoms with Gasteiger partial charge in [-0.1, -0.05) is 77.3 Å². The van der Waals surface area contributed by atoms with Crippen molar-refractivity contribution in [1.29, 1.82) is 0 Å². The third-order valence-electron chi connectivity index (χ3n) is 6.25. The zero-order valence-corrected chi connectivity index (χ0v) is 20.8. The second-order valence-electron chi connectivity index (χ2n) is 9.09. The number of hydrogen-bond donors (Lipinski definition) is 2. The molecule has 1 aromatic carbocycles. The van der Waals surface area contributed by atoms with E-state index in [0.29, 0.717) is 12.2 Å². The lowest BCUT2D eigenvalue weighted by molar-refractivity contribution is -0.136. The average Bonchev–Trinajstić information content (AvgIpc) is 3.18. The fourth-order valence-electron chi connectivity index (χ4n) is 4.14. The molecule has 1 aliphatic rings. The minimum atomic E-state index is -0.176. The first kappa shape index (κ1) is 26.9. The zero-order chi connectivity index (χ0) is 23.7. The smallest absolute Gasteiger partial charge is 0.336 e. The third-order valence-corrected chi connectivity index (χ3v) is 6.25. The number of cyclic esters (lactones) is 1. The van der Waals surface area contributed by atoms with Crippen molar-refractivity contribution in [2.24, 2.45) is 0 Å². The molecule has 0 saturated carbocycles. The van der Waals surface area contributed by atoms with Crippen LogP contribution in [0.5, 0.6) is 0 Å². The van der Waals surface area contributed by atoms with E-state index in [0.717, 1.165) is 56.5 Å². The molecule has 2 rings (SSSR count). The first-order valence-electron chi connectivity index (χ1n) is 13.2. The largest absolute Gasteiger partial charge is 0.456 e. The van der Waals surface area contributed by atoms with E-state index in [1.165, 1.54) is 56.9 Å². The van der Waals surface area contributed by atoms with E-state index < -0.39 is 0 Å². The molecule has 0 atom stereocenters. The van der Waals surface area contributed by atoms with Gasteiger partial charge in [-0.05, 0) is 49.8 Å². The fourth-order valence-corrected chi connectivity index (χ4v) is 4.14. The van der Waals surface area contributed by atoms with Crippen molar-refractivity contribution in [3.63, 3.8) is 0 Å². The van der Waals surface area contributed by atoms with Crippen LogP contribution in [-0.2, 0) is 16.0 Å². The van der Waals surface area contributed by atoms with Gasteiger partial charge in [-0.3, -0.25) is 4.79 Å². The number of rotatable bonds is 18. The fraction of sp³-hybridized carbons (Fsp3) is 0.643. The van der Waals surface area contributed by atoms with Gasteiger partial charge < -0.3 is 15.4 Å². The summed E-state index contributed by atoms with van der Waals surface area (Å²) < 4.78 is 5.26. The quantitative estimate of drug-likeness (QED) is 0.207. The molecule has 1 heterocycles. The second-order valence-corrected chi connectivity index (χ2v) is 9.09. The van der Waals surface area contributed by atoms with Crippen molar-refractivity contribution in [2.45, 2.75) is 97.3 Å². The van der Waals surface area contributed by atoms with E-state index >= 15 is 0 Å². The lowest BCUT2D eigenvalue weighted by Crippen LogP contribution is -2.24. The molecule has 5 nitrogen and oxygen atoms in total. The monoisotopic (exact) mass is 456 g/mol. The van der Waals surface area contributed by atoms with Gasteiger partial charge in [0.15, 0.2) is 0 Å². The summed E-state index contributed by atoms with van der Waals surface area (Å²) in [4.78, 5) is 24.4. The van der Waals surface area contributed by atoms with Gasteiger partial charge in [-0.15, -0.1) is 0 Å². The van der Waals surface area contributed by atoms with Crippen molar-refractivity contribution >= 4 is 11.9 Å². The van der Waals surface area contributed by atoms with E-state index in [-0.39, 0.29) is 11.9 Å². The lowest BCUT2D eigenvalue weighted by atomic mass is 10.0. The van der Waals surface area contributed by atoms with Crippen LogP contribution in [0.3, 0.4) is 0 Å². The van der Waals surface area contributed by atoms with Crippen LogP contribution in [0.4, 0.5) is 0 Å². The van der Waals surface area contributed by atoms with E-state index in [4.69, 9.17) is 4.74 Å². The molecular weight excluding hydrogens is 412 g/mol. The van der Waals surface area contributed by atoms with Gasteiger partial charge in [0.2, 0.25) is 0 Å². The number of ether oxygens (including phenoxy) is 1. The number of benzene rings is 1. The predicted molar refractivity (Wildman–Crippen MR) is 135 cm³/mol. The normalized spacial score (nSPS) is 13.3. The highest BCUT2D eigenvalue weighted by atomic mass is 16.5. The summed E-state index contributed by atoms with van der Waals surface area (Å²) in [6, 6.07) is 7.84. The van der Waals surface area contributed by atoms with Gasteiger partial charge in [0.05, 0.1) is 11.3 Å². The van der Waals surface area contributed by atoms with Crippen molar-refractivity contribution in [1.82, 2.24) is 10.6 Å². The van der Waals surface area contributed by atoms with Crippen LogP contribution in [0.1, 0.15) is 107 Å². The predicted octanol–water partition coefficient (Wildman–Crippen LogP) is 6.08. The van der Waals surface area contributed by atoms with E-state index in [1.54, 1.807) is 0 Å². The third kappa shape index (κ3) is 10.4. The molecule has 1 aliphatic heterocycles. The minimum absolute atomic E-state index is 0.00121. The summed E-state index contributed by atoms with van der Waals surface area (Å²) in [5, 5.41) is 6.44. The standard InChI is InChI=1S/C28H44N2O3/c1-3-5-7-9-11-20-29-26-22-33-28(32)25(26)15-13-14-23-16-18-24(19-17-23)27(31)30-21-12-10-8-6-4-2/h16-19,29H,3-15,20-22H2,1-2H3,(H,30,31). The summed E-state index contributed by atoms with van der Waals surface area (Å²) in [5.41, 5.74) is 3.67. The highest BCUT2D eigenvalue weighted by Crippen LogP contribution is 2.20. The summed E-state index contributed by atoms with van der Waals surface area (Å²) in [6.45, 7) is 6.45. The number of nitrogens with one attached hydrogen (secondary N) is 2. The van der Waals surface area contributed by atoms with Gasteiger partial charge in [0, 0.05) is 18.7 Å². The summed E-state index contributed by atoms with van der Waals surface area (Å²) >= 11 is 0. The summed E-state index contributed by atoms with van der Waals surface area (Å²) in [6.07, 6.45) is 14.6. The number of esters is 1. The van der Waals surface area contributed by atoms with Crippen LogP contribution < -0.4 is 10.6 Å². The molecule has 1 aromatic rings. The SMILES string of the molecule is CCCCCCCNC(=O)c1ccc(CCCC2=C(NCCCCCCC)COC2=O)cc1. The maximum Gasteiger partial charge on any atom is 0.336 e. The van der Waals surface area contributed by atoms with Crippen LogP contribution in [0, 0.1) is 0 Å². The Bertz CT molecular complexity index is 740. The van der Waals surface area contributed by atoms with Gasteiger partial charge in [-0.2, -0.15) is 0 Å². The number of carbonyl (C=O) groups excluding carboxylic acids is 2. The van der Waals surface area contributed by atoms with Crippen LogP contribution in [-0.4, -0.2) is 31.6 Å². The molecule has 0 saturated heterocycles. The highest BCUT2D eigenvalue weighted by Gasteiger charge is 2.24. The number of carbonyl (C=O) groups is 2. The molecule has 1 amide bonds. The number of amides is 1. The molecular formula is C28H44N2O3. The van der Waals surface area contributed by atoms with Gasteiger partial charge in [0.25, 0.3) is 5.91 Å². The highest BCUT2D eigenvalue weighted by molar-refractivity contribution is 5.94. The van der Waals surface area contributed by atoms with Crippen molar-refractivity contribution in [2.75, 3.05) is 19.7 Å². The Morgan fingerprint density at radius 1 is 0.818 bits per heavy atom. The number of aryl methyl sites for hydroxylation is 1. The Morgan fingerprint density at radius 3 is 2.12 bits per heavy atom. The molecule has 0 aromatic heterocycles. The number of hydrogen-bond acceptors (Lipinski definition) is 4. The molecule has 5 heteroatoms. The first-order chi connectivity index (χ1) is 16.2. The Morgan fingerprint density at radius 2 is 1.45 bits per heavy atom. The molecule has 2 N–H and O–H groups in total. The molecule has 0 bridgehead atoms. The van der Waals surface area contributed by atoms with Crippen molar-refractivity contribution in [3.05, 3.63) is 46.7 Å². The van der Waals surface area contributed by atoms with Crippen LogP contribution in [0.15, 0.2) is 35.5 Å². The van der Waals surface area contributed by atoms with E-state index in [2.05, 4.69) is 24.5 Å². The number of unbranched alkanes of at least 4 members (excludes halogenated alkanes) is 8. The van der Waals surface area contributed by atoms with Crippen molar-refractivity contribution < 1.29 is 14.3 Å². The van der Waals surface area contributed by atoms with E-state index in [9.17, 15) is 9.59 Å². The minimum Gasteiger partial charge on any atom is -0.456 e. The zero-order valence-electron chi connectivity index (χ0n) is 20.8. The summed E-state index contributed by atoms with van der Waals surface area (Å²) in [5.74, 6) is -0.175. The van der Waals surface area contributed by atoms with E-state index in [1.807, 2.05) is 24.3 Å². The second kappa shape index (κ2) is 16.3. The molecule has 33 heavy (non-hydrogen) atoms. The maximum absolute atomic E-state index is 12.3. The van der Waals surface area contributed by atoms with Crippen LogP contribution >= 0.6 is 0 Å². The average molecular weight is 457 g/mol. The molecule has 184 valence electrons. The van der Waals surface area contributed by atoms with Crippen molar-refractivity contribution in [3.8, 4) is 0 Å². The van der Waals surface area contributed by atoms with Crippen LogP contribution in [0.2, 0.25) is 0 Å². The summed E-state index contributed by atoms with van der Waals surface area (Å²) in [7, 11) is 0. The molecule has 0 unspecified atom stereocenters. The molecule has 0 radical (unpaired) electrons. The topological polar surface area (TPSA) is 67.4 Å². The Kier molecular flexibility index (Phi) is 13.3. The lowest BCUT2D eigenvalue weighted by Gasteiger charge is -2.08. The van der Waals surface area contributed by atoms with Crippen LogP contribution in [0.25, 0.3) is 0 Å². The molecule has 0 aliphatic carbocycles. The first-order valence-corrected chi connectivity index (χ1v) is 13.2. The van der Waals surface area contributed by atoms with Gasteiger partial charge >= 0.3 is 5.97 Å². The Labute approximate surface area is 200 Å². The Hall–Kier alpha value is -2.30. The van der Waals surface area contributed by atoms with Gasteiger partial charge in [-0.25, -0.2) is 4.79 Å². The Balaban J connectivity index is 1.70. The van der Waals surface area contributed by atoms with Gasteiger partial charge in [0.1, 0.15) is 6.61 Å². The molecule has 0 fully saturated rings.